The van der Waals surface area contributed by atoms with Crippen molar-refractivity contribution in [3.8, 4) is 0 Å². The number of nitrogens with zero attached hydrogens (tertiary/aromatic N) is 1. The Morgan fingerprint density at radius 1 is 1.44 bits per heavy atom. The molecule has 0 heterocycles. The smallest absolute Gasteiger partial charge is 0.166 e. The standard InChI is InChI=1S/C13H16ClNO/c1-15(2)6-5-9-7-10-8-11(14)3-4-12(10)13(9)16/h3-4,8-9H,5-7H2,1-2H3/t9-/m1/s1. The molecule has 0 aromatic heterocycles. The summed E-state index contributed by atoms with van der Waals surface area (Å²) in [7, 11) is 4.06. The lowest BCUT2D eigenvalue weighted by atomic mass is 10.0. The van der Waals surface area contributed by atoms with Gasteiger partial charge < -0.3 is 4.90 Å². The van der Waals surface area contributed by atoms with E-state index in [0.29, 0.717) is 0 Å². The van der Waals surface area contributed by atoms with Gasteiger partial charge in [0.05, 0.1) is 0 Å². The summed E-state index contributed by atoms with van der Waals surface area (Å²) in [5, 5.41) is 0.722. The van der Waals surface area contributed by atoms with Gasteiger partial charge >= 0.3 is 0 Å². The molecule has 1 aliphatic carbocycles. The fourth-order valence-corrected chi connectivity index (χ4v) is 2.39. The first kappa shape index (κ1) is 11.6. The molecular formula is C13H16ClNO. The average molecular weight is 238 g/mol. The Hall–Kier alpha value is -0.860. The van der Waals surface area contributed by atoms with Crippen molar-refractivity contribution in [3.63, 3.8) is 0 Å². The highest BCUT2D eigenvalue weighted by molar-refractivity contribution is 6.30. The third-order valence-electron chi connectivity index (χ3n) is 3.09. The molecule has 0 N–H and O–H groups in total. The van der Waals surface area contributed by atoms with Crippen LogP contribution in [-0.4, -0.2) is 31.3 Å². The number of benzene rings is 1. The SMILES string of the molecule is CN(C)CC[C@@H]1Cc2cc(Cl)ccc2C1=O. The lowest BCUT2D eigenvalue weighted by Crippen LogP contribution is -2.19. The first-order valence-electron chi connectivity index (χ1n) is 5.55. The van der Waals surface area contributed by atoms with E-state index in [1.807, 2.05) is 26.2 Å². The summed E-state index contributed by atoms with van der Waals surface area (Å²) in [6.45, 7) is 0.956. The number of fused-ring (bicyclic) bond motifs is 1. The minimum atomic E-state index is 0.149. The van der Waals surface area contributed by atoms with E-state index < -0.39 is 0 Å². The minimum absolute atomic E-state index is 0.149. The first-order chi connectivity index (χ1) is 7.58. The molecule has 86 valence electrons. The number of carbonyl (C=O) groups excluding carboxylic acids is 1. The summed E-state index contributed by atoms with van der Waals surface area (Å²) < 4.78 is 0. The van der Waals surface area contributed by atoms with Crippen LogP contribution in [0.5, 0.6) is 0 Å². The summed E-state index contributed by atoms with van der Waals surface area (Å²) in [5.41, 5.74) is 1.98. The highest BCUT2D eigenvalue weighted by Gasteiger charge is 2.29. The summed E-state index contributed by atoms with van der Waals surface area (Å²) >= 11 is 5.93. The Balaban J connectivity index is 2.11. The molecule has 1 aromatic carbocycles. The molecular weight excluding hydrogens is 222 g/mol. The molecule has 0 bridgehead atoms. The van der Waals surface area contributed by atoms with Crippen LogP contribution < -0.4 is 0 Å². The van der Waals surface area contributed by atoms with Gasteiger partial charge in [-0.05, 0) is 57.2 Å². The number of hydrogen-bond acceptors (Lipinski definition) is 2. The minimum Gasteiger partial charge on any atom is -0.309 e. The number of rotatable bonds is 3. The maximum atomic E-state index is 12.1. The number of ketones is 1. The molecule has 1 aromatic rings. The van der Waals surface area contributed by atoms with Crippen LogP contribution in [-0.2, 0) is 6.42 Å². The van der Waals surface area contributed by atoms with Crippen molar-refractivity contribution in [1.29, 1.82) is 0 Å². The molecule has 0 saturated heterocycles. The molecule has 3 heteroatoms. The third kappa shape index (κ3) is 2.28. The van der Waals surface area contributed by atoms with E-state index in [-0.39, 0.29) is 11.7 Å². The number of hydrogen-bond donors (Lipinski definition) is 0. The van der Waals surface area contributed by atoms with Gasteiger partial charge in [-0.15, -0.1) is 0 Å². The van der Waals surface area contributed by atoms with E-state index in [9.17, 15) is 4.79 Å². The van der Waals surface area contributed by atoms with E-state index in [0.717, 1.165) is 35.5 Å². The Labute approximate surface area is 101 Å². The second kappa shape index (κ2) is 4.56. The van der Waals surface area contributed by atoms with Crippen molar-refractivity contribution in [2.24, 2.45) is 5.92 Å². The van der Waals surface area contributed by atoms with Crippen molar-refractivity contribution in [1.82, 2.24) is 4.90 Å². The molecule has 0 amide bonds. The van der Waals surface area contributed by atoms with Crippen molar-refractivity contribution in [2.75, 3.05) is 20.6 Å². The lowest BCUT2D eigenvalue weighted by Gasteiger charge is -2.12. The fourth-order valence-electron chi connectivity index (χ4n) is 2.20. The van der Waals surface area contributed by atoms with Gasteiger partial charge in [-0.25, -0.2) is 0 Å². The molecule has 2 rings (SSSR count). The monoisotopic (exact) mass is 237 g/mol. The Morgan fingerprint density at radius 3 is 2.88 bits per heavy atom. The van der Waals surface area contributed by atoms with E-state index in [1.165, 1.54) is 0 Å². The quantitative estimate of drug-likeness (QED) is 0.806. The van der Waals surface area contributed by atoms with Gasteiger partial charge in [-0.1, -0.05) is 11.6 Å². The summed E-state index contributed by atoms with van der Waals surface area (Å²) in [6, 6.07) is 5.58. The number of carbonyl (C=O) groups is 1. The topological polar surface area (TPSA) is 20.3 Å². The molecule has 0 saturated carbocycles. The van der Waals surface area contributed by atoms with Gasteiger partial charge in [-0.2, -0.15) is 0 Å². The van der Waals surface area contributed by atoms with Gasteiger partial charge in [0.1, 0.15) is 0 Å². The molecule has 0 unspecified atom stereocenters. The van der Waals surface area contributed by atoms with Crippen molar-refractivity contribution >= 4 is 17.4 Å². The highest BCUT2D eigenvalue weighted by Crippen LogP contribution is 2.30. The van der Waals surface area contributed by atoms with Gasteiger partial charge in [0, 0.05) is 16.5 Å². The molecule has 2 nitrogen and oxygen atoms in total. The third-order valence-corrected chi connectivity index (χ3v) is 3.33. The number of Topliss-reactive ketones (excluding diaryl/α,β-unsaturated/α-hetero) is 1. The number of halogens is 1. The zero-order valence-corrected chi connectivity index (χ0v) is 10.4. The maximum Gasteiger partial charge on any atom is 0.166 e. The van der Waals surface area contributed by atoms with Gasteiger partial charge in [0.25, 0.3) is 0 Å². The molecule has 0 fully saturated rings. The zero-order chi connectivity index (χ0) is 11.7. The van der Waals surface area contributed by atoms with Gasteiger partial charge in [0.2, 0.25) is 0 Å². The van der Waals surface area contributed by atoms with Gasteiger partial charge in [0.15, 0.2) is 5.78 Å². The maximum absolute atomic E-state index is 12.1. The van der Waals surface area contributed by atoms with Crippen LogP contribution in [0.25, 0.3) is 0 Å². The predicted octanol–water partition coefficient (Wildman–Crippen LogP) is 2.65. The Bertz CT molecular complexity index is 414. The second-order valence-electron chi connectivity index (χ2n) is 4.66. The van der Waals surface area contributed by atoms with Crippen molar-refractivity contribution in [3.05, 3.63) is 34.3 Å². The highest BCUT2D eigenvalue weighted by atomic mass is 35.5. The zero-order valence-electron chi connectivity index (χ0n) is 9.66. The molecule has 16 heavy (non-hydrogen) atoms. The Kier molecular flexibility index (Phi) is 3.31. The van der Waals surface area contributed by atoms with Crippen LogP contribution in [0, 0.1) is 5.92 Å². The van der Waals surface area contributed by atoms with Crippen LogP contribution >= 0.6 is 11.6 Å². The summed E-state index contributed by atoms with van der Waals surface area (Å²) in [6.07, 6.45) is 1.78. The predicted molar refractivity (Wildman–Crippen MR) is 66.1 cm³/mol. The van der Waals surface area contributed by atoms with Crippen LogP contribution in [0.15, 0.2) is 18.2 Å². The first-order valence-corrected chi connectivity index (χ1v) is 5.93. The van der Waals surface area contributed by atoms with Crippen LogP contribution in [0.1, 0.15) is 22.3 Å². The normalized spacial score (nSPS) is 19.2. The van der Waals surface area contributed by atoms with E-state index in [2.05, 4.69) is 4.90 Å². The van der Waals surface area contributed by atoms with Crippen LogP contribution in [0.2, 0.25) is 5.02 Å². The second-order valence-corrected chi connectivity index (χ2v) is 5.10. The molecule has 0 aliphatic heterocycles. The van der Waals surface area contributed by atoms with Crippen LogP contribution in [0.4, 0.5) is 0 Å². The molecule has 1 atom stereocenters. The van der Waals surface area contributed by atoms with Crippen molar-refractivity contribution < 1.29 is 4.79 Å². The fraction of sp³-hybridized carbons (Fsp3) is 0.462. The van der Waals surface area contributed by atoms with Crippen molar-refractivity contribution in [2.45, 2.75) is 12.8 Å². The Morgan fingerprint density at radius 2 is 2.19 bits per heavy atom. The van der Waals surface area contributed by atoms with E-state index in [1.54, 1.807) is 6.07 Å². The van der Waals surface area contributed by atoms with Gasteiger partial charge in [-0.3, -0.25) is 4.79 Å². The summed E-state index contributed by atoms with van der Waals surface area (Å²) in [4.78, 5) is 14.2. The molecule has 0 spiro atoms. The van der Waals surface area contributed by atoms with Crippen LogP contribution in [0.3, 0.4) is 0 Å². The van der Waals surface area contributed by atoms with E-state index in [4.69, 9.17) is 11.6 Å². The van der Waals surface area contributed by atoms with E-state index >= 15 is 0 Å². The molecule has 1 aliphatic rings. The summed E-state index contributed by atoms with van der Waals surface area (Å²) in [5.74, 6) is 0.435. The molecule has 0 radical (unpaired) electrons. The largest absolute Gasteiger partial charge is 0.309 e. The average Bonchev–Trinajstić information content (AvgIpc) is 2.52. The lowest BCUT2D eigenvalue weighted by molar-refractivity contribution is 0.0925.